The molecule has 3 heteroatoms. The number of rotatable bonds is 5. The molecule has 1 atom stereocenters. The van der Waals surface area contributed by atoms with Crippen LogP contribution < -0.4 is 5.32 Å². The molecular formula is C15H25NO2. The minimum Gasteiger partial charge on any atom is -0.394 e. The van der Waals surface area contributed by atoms with E-state index in [1.54, 1.807) is 0 Å². The van der Waals surface area contributed by atoms with Gasteiger partial charge in [0, 0.05) is 6.04 Å². The zero-order chi connectivity index (χ0) is 13.9. The molecule has 0 saturated carbocycles. The standard InChI is InChI=1S/C15H25NO2/c1-10-6-11(2)14(12(3)7-10)13(4)16-15(5,8-17)9-18/h6-7,13,16-18H,8-9H2,1-5H3. The predicted molar refractivity (Wildman–Crippen MR) is 74.8 cm³/mol. The van der Waals surface area contributed by atoms with Gasteiger partial charge in [-0.1, -0.05) is 17.7 Å². The summed E-state index contributed by atoms with van der Waals surface area (Å²) in [6.45, 7) is 10.0. The van der Waals surface area contributed by atoms with Crippen molar-refractivity contribution < 1.29 is 10.2 Å². The molecule has 0 aliphatic heterocycles. The maximum Gasteiger partial charge on any atom is 0.0633 e. The molecule has 0 amide bonds. The Morgan fingerprint density at radius 1 is 1.11 bits per heavy atom. The van der Waals surface area contributed by atoms with Crippen molar-refractivity contribution in [1.29, 1.82) is 0 Å². The molecule has 3 nitrogen and oxygen atoms in total. The molecule has 18 heavy (non-hydrogen) atoms. The lowest BCUT2D eigenvalue weighted by molar-refractivity contribution is 0.0956. The summed E-state index contributed by atoms with van der Waals surface area (Å²) in [5.41, 5.74) is 4.33. The molecule has 0 aliphatic rings. The fraction of sp³-hybridized carbons (Fsp3) is 0.600. The number of aliphatic hydroxyl groups is 2. The van der Waals surface area contributed by atoms with Crippen molar-refractivity contribution >= 4 is 0 Å². The Kier molecular flexibility index (Phi) is 4.91. The van der Waals surface area contributed by atoms with Crippen LogP contribution in [-0.2, 0) is 0 Å². The monoisotopic (exact) mass is 251 g/mol. The van der Waals surface area contributed by atoms with Crippen molar-refractivity contribution in [2.24, 2.45) is 0 Å². The van der Waals surface area contributed by atoms with E-state index in [2.05, 4.69) is 45.1 Å². The lowest BCUT2D eigenvalue weighted by Gasteiger charge is -2.32. The first-order chi connectivity index (χ1) is 8.33. The van der Waals surface area contributed by atoms with Gasteiger partial charge >= 0.3 is 0 Å². The van der Waals surface area contributed by atoms with Gasteiger partial charge in [-0.25, -0.2) is 0 Å². The molecule has 0 spiro atoms. The maximum atomic E-state index is 9.34. The lowest BCUT2D eigenvalue weighted by Crippen LogP contribution is -2.50. The van der Waals surface area contributed by atoms with Crippen molar-refractivity contribution in [3.63, 3.8) is 0 Å². The molecule has 0 fully saturated rings. The average molecular weight is 251 g/mol. The third-order valence-corrected chi connectivity index (χ3v) is 3.43. The Bertz CT molecular complexity index is 388. The van der Waals surface area contributed by atoms with Crippen LogP contribution in [0.5, 0.6) is 0 Å². The highest BCUT2D eigenvalue weighted by Crippen LogP contribution is 2.25. The average Bonchev–Trinajstić information content (AvgIpc) is 2.27. The summed E-state index contributed by atoms with van der Waals surface area (Å²) < 4.78 is 0. The molecule has 0 saturated heterocycles. The topological polar surface area (TPSA) is 52.5 Å². The van der Waals surface area contributed by atoms with E-state index in [4.69, 9.17) is 0 Å². The number of nitrogens with one attached hydrogen (secondary N) is 1. The van der Waals surface area contributed by atoms with E-state index in [0.717, 1.165) is 0 Å². The summed E-state index contributed by atoms with van der Waals surface area (Å²) >= 11 is 0. The summed E-state index contributed by atoms with van der Waals surface area (Å²) in [6, 6.07) is 4.42. The highest BCUT2D eigenvalue weighted by atomic mass is 16.3. The zero-order valence-corrected chi connectivity index (χ0v) is 12.0. The number of hydrogen-bond donors (Lipinski definition) is 3. The third kappa shape index (κ3) is 3.31. The van der Waals surface area contributed by atoms with Crippen LogP contribution in [0.25, 0.3) is 0 Å². The molecule has 3 N–H and O–H groups in total. The molecule has 1 unspecified atom stereocenters. The lowest BCUT2D eigenvalue weighted by atomic mass is 9.93. The SMILES string of the molecule is Cc1cc(C)c(C(C)NC(C)(CO)CO)c(C)c1. The highest BCUT2D eigenvalue weighted by molar-refractivity contribution is 5.39. The molecular weight excluding hydrogens is 226 g/mol. The zero-order valence-electron chi connectivity index (χ0n) is 12.0. The van der Waals surface area contributed by atoms with E-state index in [9.17, 15) is 10.2 Å². The number of aryl methyl sites for hydroxylation is 3. The van der Waals surface area contributed by atoms with Crippen LogP contribution in [0.15, 0.2) is 12.1 Å². The minimum atomic E-state index is -0.650. The van der Waals surface area contributed by atoms with Crippen LogP contribution in [-0.4, -0.2) is 29.0 Å². The summed E-state index contributed by atoms with van der Waals surface area (Å²) in [7, 11) is 0. The van der Waals surface area contributed by atoms with Crippen molar-refractivity contribution in [2.75, 3.05) is 13.2 Å². The Morgan fingerprint density at radius 2 is 1.56 bits per heavy atom. The molecule has 0 radical (unpaired) electrons. The Hall–Kier alpha value is -0.900. The largest absolute Gasteiger partial charge is 0.394 e. The van der Waals surface area contributed by atoms with Crippen molar-refractivity contribution in [3.8, 4) is 0 Å². The minimum absolute atomic E-state index is 0.0855. The highest BCUT2D eigenvalue weighted by Gasteiger charge is 2.25. The molecule has 0 bridgehead atoms. The predicted octanol–water partition coefficient (Wildman–Crippen LogP) is 2.01. The molecule has 0 aliphatic carbocycles. The molecule has 102 valence electrons. The maximum absolute atomic E-state index is 9.34. The summed E-state index contributed by atoms with van der Waals surface area (Å²) in [5.74, 6) is 0. The molecule has 0 heterocycles. The van der Waals surface area contributed by atoms with Crippen LogP contribution in [0, 0.1) is 20.8 Å². The normalized spacial score (nSPS) is 13.7. The third-order valence-electron chi connectivity index (χ3n) is 3.43. The second-order valence-corrected chi connectivity index (χ2v) is 5.56. The van der Waals surface area contributed by atoms with Gasteiger partial charge in [0.25, 0.3) is 0 Å². The smallest absolute Gasteiger partial charge is 0.0633 e. The van der Waals surface area contributed by atoms with Gasteiger partial charge in [0.15, 0.2) is 0 Å². The second-order valence-electron chi connectivity index (χ2n) is 5.56. The van der Waals surface area contributed by atoms with Crippen molar-refractivity contribution in [3.05, 3.63) is 34.4 Å². The fourth-order valence-electron chi connectivity index (χ4n) is 2.61. The first kappa shape index (κ1) is 15.2. The van der Waals surface area contributed by atoms with Crippen LogP contribution in [0.3, 0.4) is 0 Å². The van der Waals surface area contributed by atoms with Gasteiger partial charge in [-0.15, -0.1) is 0 Å². The van der Waals surface area contributed by atoms with E-state index in [0.29, 0.717) is 0 Å². The Balaban J connectivity index is 3.01. The van der Waals surface area contributed by atoms with Gasteiger partial charge in [-0.05, 0) is 51.3 Å². The Labute approximate surface area is 110 Å². The van der Waals surface area contributed by atoms with Crippen molar-refractivity contribution in [1.82, 2.24) is 5.32 Å². The van der Waals surface area contributed by atoms with E-state index in [-0.39, 0.29) is 19.3 Å². The summed E-state index contributed by atoms with van der Waals surface area (Å²) in [5, 5.41) is 22.0. The Morgan fingerprint density at radius 3 is 1.94 bits per heavy atom. The fourth-order valence-corrected chi connectivity index (χ4v) is 2.61. The van der Waals surface area contributed by atoms with Gasteiger partial charge in [0.2, 0.25) is 0 Å². The summed E-state index contributed by atoms with van der Waals surface area (Å²) in [6.07, 6.45) is 0. The van der Waals surface area contributed by atoms with Crippen LogP contribution in [0.1, 0.15) is 42.1 Å². The van der Waals surface area contributed by atoms with Gasteiger partial charge < -0.3 is 15.5 Å². The number of hydrogen-bond acceptors (Lipinski definition) is 3. The first-order valence-corrected chi connectivity index (χ1v) is 6.40. The summed E-state index contributed by atoms with van der Waals surface area (Å²) in [4.78, 5) is 0. The van der Waals surface area contributed by atoms with Gasteiger partial charge in [0.05, 0.1) is 18.8 Å². The van der Waals surface area contributed by atoms with E-state index >= 15 is 0 Å². The van der Waals surface area contributed by atoms with Gasteiger partial charge in [-0.2, -0.15) is 0 Å². The van der Waals surface area contributed by atoms with Gasteiger partial charge in [-0.3, -0.25) is 0 Å². The van der Waals surface area contributed by atoms with E-state index < -0.39 is 5.54 Å². The van der Waals surface area contributed by atoms with E-state index in [1.807, 2.05) is 6.92 Å². The van der Waals surface area contributed by atoms with Crippen LogP contribution >= 0.6 is 0 Å². The number of benzene rings is 1. The molecule has 0 aromatic heterocycles. The van der Waals surface area contributed by atoms with E-state index in [1.165, 1.54) is 22.3 Å². The van der Waals surface area contributed by atoms with Crippen LogP contribution in [0.4, 0.5) is 0 Å². The molecule has 1 aromatic rings. The van der Waals surface area contributed by atoms with Crippen LogP contribution in [0.2, 0.25) is 0 Å². The van der Waals surface area contributed by atoms with Crippen molar-refractivity contribution in [2.45, 2.75) is 46.2 Å². The second kappa shape index (κ2) is 5.83. The quantitative estimate of drug-likeness (QED) is 0.750. The first-order valence-electron chi connectivity index (χ1n) is 6.40. The molecule has 1 aromatic carbocycles. The van der Waals surface area contributed by atoms with Gasteiger partial charge in [0.1, 0.15) is 0 Å². The molecule has 1 rings (SSSR count). The number of aliphatic hydroxyl groups excluding tert-OH is 2.